The van der Waals surface area contributed by atoms with Crippen LogP contribution in [-0.2, 0) is 4.79 Å². The lowest BCUT2D eigenvalue weighted by Gasteiger charge is -2.19. The summed E-state index contributed by atoms with van der Waals surface area (Å²) in [5.74, 6) is -2.04. The van der Waals surface area contributed by atoms with Crippen molar-refractivity contribution < 1.29 is 19.4 Å². The second-order valence-corrected chi connectivity index (χ2v) is 3.99. The number of aliphatic carboxylic acids is 1. The van der Waals surface area contributed by atoms with Gasteiger partial charge in [-0.3, -0.25) is 10.1 Å². The maximum atomic E-state index is 13.1. The average Bonchev–Trinajstić information content (AvgIpc) is 2.23. The monoisotopic (exact) mass is 241 g/mol. The van der Waals surface area contributed by atoms with E-state index in [1.807, 2.05) is 13.8 Å². The highest BCUT2D eigenvalue weighted by Gasteiger charge is 2.22. The summed E-state index contributed by atoms with van der Waals surface area (Å²) in [5, 5.41) is 21.2. The first kappa shape index (κ1) is 13.4. The number of hydrogen-bond donors (Lipinski definition) is 3. The van der Waals surface area contributed by atoms with E-state index >= 15 is 0 Å². The highest BCUT2D eigenvalue weighted by molar-refractivity contribution is 5.75. The van der Waals surface area contributed by atoms with Gasteiger partial charge in [0.15, 0.2) is 0 Å². The molecule has 0 amide bonds. The summed E-state index contributed by atoms with van der Waals surface area (Å²) in [6.45, 7) is 3.76. The van der Waals surface area contributed by atoms with Crippen LogP contribution in [0.15, 0.2) is 18.2 Å². The first-order valence-corrected chi connectivity index (χ1v) is 5.42. The summed E-state index contributed by atoms with van der Waals surface area (Å²) in [6, 6.07) is 2.25. The smallest absolute Gasteiger partial charge is 0.325 e. The Morgan fingerprint density at radius 1 is 1.47 bits per heavy atom. The van der Waals surface area contributed by atoms with Gasteiger partial charge in [-0.05, 0) is 31.0 Å². The molecule has 2 unspecified atom stereocenters. The molecule has 0 radical (unpaired) electrons. The summed E-state index contributed by atoms with van der Waals surface area (Å²) in [6.07, 6.45) is 0.755. The van der Waals surface area contributed by atoms with Crippen LogP contribution in [0.1, 0.15) is 31.9 Å². The molecule has 3 N–H and O–H groups in total. The fourth-order valence-electron chi connectivity index (χ4n) is 1.48. The van der Waals surface area contributed by atoms with E-state index in [9.17, 15) is 14.3 Å². The second kappa shape index (κ2) is 5.63. The first-order chi connectivity index (χ1) is 7.93. The number of benzene rings is 1. The van der Waals surface area contributed by atoms with Crippen molar-refractivity contribution >= 4 is 5.97 Å². The van der Waals surface area contributed by atoms with Gasteiger partial charge in [-0.2, -0.15) is 0 Å². The molecule has 94 valence electrons. The molecule has 5 heteroatoms. The van der Waals surface area contributed by atoms with Crippen LogP contribution in [-0.4, -0.2) is 22.2 Å². The number of aromatic hydroxyl groups is 1. The molecule has 0 aliphatic carbocycles. The topological polar surface area (TPSA) is 69.6 Å². The third-order valence-corrected chi connectivity index (χ3v) is 2.55. The molecule has 0 saturated carbocycles. The van der Waals surface area contributed by atoms with E-state index in [1.54, 1.807) is 0 Å². The third kappa shape index (κ3) is 3.71. The van der Waals surface area contributed by atoms with Crippen molar-refractivity contribution in [1.82, 2.24) is 5.32 Å². The zero-order chi connectivity index (χ0) is 13.0. The van der Waals surface area contributed by atoms with Gasteiger partial charge in [0.2, 0.25) is 0 Å². The molecule has 0 aromatic heterocycles. The van der Waals surface area contributed by atoms with Crippen molar-refractivity contribution in [3.63, 3.8) is 0 Å². The van der Waals surface area contributed by atoms with E-state index in [0.29, 0.717) is 0 Å². The zero-order valence-electron chi connectivity index (χ0n) is 9.77. The van der Waals surface area contributed by atoms with E-state index in [1.165, 1.54) is 6.07 Å². The Balaban J connectivity index is 3.01. The van der Waals surface area contributed by atoms with Crippen LogP contribution in [0.5, 0.6) is 5.75 Å². The summed E-state index contributed by atoms with van der Waals surface area (Å²) in [5.41, 5.74) is 0.204. The first-order valence-electron chi connectivity index (χ1n) is 5.42. The molecule has 0 fully saturated rings. The molecule has 0 bridgehead atoms. The molecule has 1 aromatic carbocycles. The fourth-order valence-corrected chi connectivity index (χ4v) is 1.48. The fraction of sp³-hybridized carbons (Fsp3) is 0.417. The van der Waals surface area contributed by atoms with Crippen LogP contribution in [0, 0.1) is 5.82 Å². The molecule has 0 heterocycles. The molecule has 1 aromatic rings. The summed E-state index contributed by atoms with van der Waals surface area (Å²) < 4.78 is 13.1. The average molecular weight is 241 g/mol. The molecular formula is C12H16FNO3. The van der Waals surface area contributed by atoms with Gasteiger partial charge >= 0.3 is 5.97 Å². The highest BCUT2D eigenvalue weighted by atomic mass is 19.1. The van der Waals surface area contributed by atoms with E-state index in [-0.39, 0.29) is 17.4 Å². The Labute approximate surface area is 99.1 Å². The number of rotatable bonds is 5. The number of carboxylic acid groups (broad SMARTS) is 1. The van der Waals surface area contributed by atoms with Gasteiger partial charge < -0.3 is 10.2 Å². The predicted molar refractivity (Wildman–Crippen MR) is 61.3 cm³/mol. The number of hydrogen-bond acceptors (Lipinski definition) is 3. The van der Waals surface area contributed by atoms with Crippen LogP contribution in [0.2, 0.25) is 0 Å². The molecule has 0 spiro atoms. The summed E-state index contributed by atoms with van der Waals surface area (Å²) >= 11 is 0. The van der Waals surface area contributed by atoms with Crippen molar-refractivity contribution in [3.05, 3.63) is 29.6 Å². The second-order valence-electron chi connectivity index (χ2n) is 3.99. The van der Waals surface area contributed by atoms with E-state index in [0.717, 1.165) is 18.6 Å². The number of carboxylic acids is 1. The molecular weight excluding hydrogens is 225 g/mol. The number of phenolic OH excluding ortho intramolecular Hbond substituents is 1. The van der Waals surface area contributed by atoms with Crippen LogP contribution < -0.4 is 5.32 Å². The minimum Gasteiger partial charge on any atom is -0.508 e. The standard InChI is InChI=1S/C12H16FNO3/c1-3-7(2)14-11(12(16)17)8-4-9(13)6-10(15)5-8/h4-7,11,14-15H,3H2,1-2H3,(H,16,17). The molecule has 1 rings (SSSR count). The predicted octanol–water partition coefficient (Wildman–Crippen LogP) is 2.05. The van der Waals surface area contributed by atoms with Gasteiger partial charge in [0.25, 0.3) is 0 Å². The van der Waals surface area contributed by atoms with Gasteiger partial charge in [-0.1, -0.05) is 6.92 Å². The van der Waals surface area contributed by atoms with Crippen LogP contribution in [0.4, 0.5) is 4.39 Å². The van der Waals surface area contributed by atoms with E-state index in [4.69, 9.17) is 5.11 Å². The molecule has 0 saturated heterocycles. The molecule has 2 atom stereocenters. The Bertz CT molecular complexity index is 388. The number of halogens is 1. The summed E-state index contributed by atoms with van der Waals surface area (Å²) in [4.78, 5) is 11.1. The van der Waals surface area contributed by atoms with Gasteiger partial charge in [-0.25, -0.2) is 4.39 Å². The van der Waals surface area contributed by atoms with Gasteiger partial charge in [0.05, 0.1) is 0 Å². The van der Waals surface area contributed by atoms with Crippen molar-refractivity contribution in [3.8, 4) is 5.75 Å². The Morgan fingerprint density at radius 2 is 2.12 bits per heavy atom. The van der Waals surface area contributed by atoms with Crippen molar-refractivity contribution in [2.24, 2.45) is 0 Å². The normalized spacial score (nSPS) is 14.3. The SMILES string of the molecule is CCC(C)NC(C(=O)O)c1cc(O)cc(F)c1. The van der Waals surface area contributed by atoms with Crippen LogP contribution >= 0.6 is 0 Å². The largest absolute Gasteiger partial charge is 0.508 e. The quantitative estimate of drug-likeness (QED) is 0.738. The highest BCUT2D eigenvalue weighted by Crippen LogP contribution is 2.21. The van der Waals surface area contributed by atoms with E-state index in [2.05, 4.69) is 5.32 Å². The molecule has 17 heavy (non-hydrogen) atoms. The third-order valence-electron chi connectivity index (χ3n) is 2.55. The molecule has 0 aliphatic heterocycles. The van der Waals surface area contributed by atoms with Crippen molar-refractivity contribution in [1.29, 1.82) is 0 Å². The maximum absolute atomic E-state index is 13.1. The summed E-state index contributed by atoms with van der Waals surface area (Å²) in [7, 11) is 0. The number of nitrogens with one attached hydrogen (secondary N) is 1. The van der Waals surface area contributed by atoms with E-state index < -0.39 is 17.8 Å². The van der Waals surface area contributed by atoms with Gasteiger partial charge in [0, 0.05) is 12.1 Å². The minimum absolute atomic E-state index is 0.0125. The van der Waals surface area contributed by atoms with Crippen LogP contribution in [0.25, 0.3) is 0 Å². The lowest BCUT2D eigenvalue weighted by atomic mass is 10.0. The Morgan fingerprint density at radius 3 is 2.59 bits per heavy atom. The van der Waals surface area contributed by atoms with Crippen LogP contribution in [0.3, 0.4) is 0 Å². The Hall–Kier alpha value is -1.62. The lowest BCUT2D eigenvalue weighted by molar-refractivity contribution is -0.139. The lowest BCUT2D eigenvalue weighted by Crippen LogP contribution is -2.35. The van der Waals surface area contributed by atoms with Gasteiger partial charge in [-0.15, -0.1) is 0 Å². The molecule has 0 aliphatic rings. The zero-order valence-corrected chi connectivity index (χ0v) is 9.77. The van der Waals surface area contributed by atoms with Crippen molar-refractivity contribution in [2.75, 3.05) is 0 Å². The molecule has 4 nitrogen and oxygen atoms in total. The Kier molecular flexibility index (Phi) is 4.45. The maximum Gasteiger partial charge on any atom is 0.325 e. The van der Waals surface area contributed by atoms with Crippen molar-refractivity contribution in [2.45, 2.75) is 32.4 Å². The number of carbonyl (C=O) groups is 1. The number of phenols is 1. The minimum atomic E-state index is -1.10. The van der Waals surface area contributed by atoms with Gasteiger partial charge in [0.1, 0.15) is 17.6 Å².